The lowest BCUT2D eigenvalue weighted by atomic mass is 10.1. The third-order valence-electron chi connectivity index (χ3n) is 5.86. The Hall–Kier alpha value is -3.36. The summed E-state index contributed by atoms with van der Waals surface area (Å²) >= 11 is 5.98. The van der Waals surface area contributed by atoms with Gasteiger partial charge in [0.2, 0.25) is 11.8 Å². The van der Waals surface area contributed by atoms with Crippen LogP contribution in [-0.4, -0.2) is 43.3 Å². The van der Waals surface area contributed by atoms with E-state index in [2.05, 4.69) is 5.32 Å². The molecule has 9 heteroatoms. The fourth-order valence-electron chi connectivity index (χ4n) is 3.81. The number of rotatable bonds is 9. The van der Waals surface area contributed by atoms with Gasteiger partial charge in [-0.2, -0.15) is 0 Å². The van der Waals surface area contributed by atoms with Gasteiger partial charge in [0.1, 0.15) is 12.6 Å². The number of sulfonamides is 1. The molecule has 0 heterocycles. The highest BCUT2D eigenvalue weighted by atomic mass is 35.5. The molecule has 202 valence electrons. The highest BCUT2D eigenvalue weighted by molar-refractivity contribution is 7.92. The standard InChI is InChI=1S/C29H34ClN3O4S/c1-21-11-15-25(16-12-21)33(38(36,37)26-17-13-24(30)14-18-26)20-27(34)32(19-23-9-7-6-8-10-23)22(2)28(35)31-29(3,4)5/h6-18,22H,19-20H2,1-5H3,(H,31,35)/t22-/m0/s1. The number of carbonyl (C=O) groups excluding carboxylic acids is 2. The summed E-state index contributed by atoms with van der Waals surface area (Å²) in [5.41, 5.74) is 1.60. The third kappa shape index (κ3) is 7.58. The molecule has 0 unspecified atom stereocenters. The molecule has 3 aromatic carbocycles. The Morgan fingerprint density at radius 2 is 1.50 bits per heavy atom. The SMILES string of the molecule is Cc1ccc(N(CC(=O)N(Cc2ccccc2)[C@@H](C)C(=O)NC(C)(C)C)S(=O)(=O)c2ccc(Cl)cc2)cc1. The Balaban J connectivity index is 2.02. The van der Waals surface area contributed by atoms with E-state index in [1.54, 1.807) is 31.2 Å². The zero-order valence-electron chi connectivity index (χ0n) is 22.3. The summed E-state index contributed by atoms with van der Waals surface area (Å²) in [6, 6.07) is 21.1. The first-order valence-corrected chi connectivity index (χ1v) is 14.1. The van der Waals surface area contributed by atoms with Crippen LogP contribution in [0.2, 0.25) is 5.02 Å². The molecule has 2 amide bonds. The molecule has 0 fully saturated rings. The summed E-state index contributed by atoms with van der Waals surface area (Å²) in [5.74, 6) is -0.840. The molecule has 0 aliphatic rings. The smallest absolute Gasteiger partial charge is 0.264 e. The molecule has 0 aliphatic heterocycles. The van der Waals surface area contributed by atoms with Crippen LogP contribution in [0.25, 0.3) is 0 Å². The van der Waals surface area contributed by atoms with E-state index < -0.39 is 34.1 Å². The molecule has 0 bridgehead atoms. The van der Waals surface area contributed by atoms with Crippen LogP contribution in [-0.2, 0) is 26.2 Å². The summed E-state index contributed by atoms with van der Waals surface area (Å²) in [6.07, 6.45) is 0. The van der Waals surface area contributed by atoms with E-state index in [0.717, 1.165) is 15.4 Å². The lowest BCUT2D eigenvalue weighted by Gasteiger charge is -2.33. The summed E-state index contributed by atoms with van der Waals surface area (Å²) in [7, 11) is -4.13. The minimum atomic E-state index is -4.13. The van der Waals surface area contributed by atoms with Crippen LogP contribution in [0, 0.1) is 6.92 Å². The van der Waals surface area contributed by atoms with Gasteiger partial charge >= 0.3 is 0 Å². The molecule has 0 saturated heterocycles. The molecule has 0 spiro atoms. The summed E-state index contributed by atoms with van der Waals surface area (Å²) in [4.78, 5) is 28.4. The Bertz CT molecular complexity index is 1350. The van der Waals surface area contributed by atoms with Crippen LogP contribution in [0.4, 0.5) is 5.69 Å². The van der Waals surface area contributed by atoms with Gasteiger partial charge in [-0.25, -0.2) is 8.42 Å². The van der Waals surface area contributed by atoms with Crippen molar-refractivity contribution < 1.29 is 18.0 Å². The zero-order valence-corrected chi connectivity index (χ0v) is 23.9. The third-order valence-corrected chi connectivity index (χ3v) is 7.90. The van der Waals surface area contributed by atoms with Crippen LogP contribution >= 0.6 is 11.6 Å². The Kier molecular flexibility index (Phi) is 9.22. The topological polar surface area (TPSA) is 86.8 Å². The van der Waals surface area contributed by atoms with E-state index in [1.165, 1.54) is 29.2 Å². The van der Waals surface area contributed by atoms with Crippen LogP contribution in [0.5, 0.6) is 0 Å². The molecule has 3 rings (SSSR count). The second-order valence-corrected chi connectivity index (χ2v) is 12.5. The van der Waals surface area contributed by atoms with Crippen molar-refractivity contribution in [3.05, 3.63) is 95.0 Å². The molecule has 38 heavy (non-hydrogen) atoms. The van der Waals surface area contributed by atoms with Crippen molar-refractivity contribution in [2.45, 2.75) is 57.6 Å². The molecule has 0 aromatic heterocycles. The number of benzene rings is 3. The van der Waals surface area contributed by atoms with Gasteiger partial charge in [0.25, 0.3) is 10.0 Å². The molecule has 0 saturated carbocycles. The first-order chi connectivity index (χ1) is 17.8. The van der Waals surface area contributed by atoms with E-state index >= 15 is 0 Å². The Morgan fingerprint density at radius 3 is 2.05 bits per heavy atom. The van der Waals surface area contributed by atoms with Gasteiger partial charge in [0, 0.05) is 17.1 Å². The number of hydrogen-bond acceptors (Lipinski definition) is 4. The molecule has 3 aromatic rings. The van der Waals surface area contributed by atoms with Crippen molar-refractivity contribution in [1.82, 2.24) is 10.2 Å². The van der Waals surface area contributed by atoms with E-state index in [1.807, 2.05) is 58.0 Å². The second-order valence-electron chi connectivity index (χ2n) is 10.2. The largest absolute Gasteiger partial charge is 0.350 e. The number of carbonyl (C=O) groups is 2. The predicted molar refractivity (Wildman–Crippen MR) is 152 cm³/mol. The number of aryl methyl sites for hydroxylation is 1. The minimum Gasteiger partial charge on any atom is -0.350 e. The average Bonchev–Trinajstić information content (AvgIpc) is 2.85. The van der Waals surface area contributed by atoms with E-state index in [4.69, 9.17) is 11.6 Å². The summed E-state index contributed by atoms with van der Waals surface area (Å²) in [5, 5.41) is 3.31. The molecule has 1 N–H and O–H groups in total. The van der Waals surface area contributed by atoms with E-state index in [9.17, 15) is 18.0 Å². The quantitative estimate of drug-likeness (QED) is 0.394. The van der Waals surface area contributed by atoms with Crippen molar-refractivity contribution in [2.24, 2.45) is 0 Å². The minimum absolute atomic E-state index is 0.00316. The average molecular weight is 556 g/mol. The number of amides is 2. The van der Waals surface area contributed by atoms with Crippen molar-refractivity contribution >= 4 is 39.1 Å². The predicted octanol–water partition coefficient (Wildman–Crippen LogP) is 5.18. The highest BCUT2D eigenvalue weighted by Crippen LogP contribution is 2.26. The van der Waals surface area contributed by atoms with E-state index in [0.29, 0.717) is 10.7 Å². The number of hydrogen-bond donors (Lipinski definition) is 1. The number of halogens is 1. The van der Waals surface area contributed by atoms with Crippen molar-refractivity contribution in [3.63, 3.8) is 0 Å². The lowest BCUT2D eigenvalue weighted by molar-refractivity contribution is -0.140. The van der Waals surface area contributed by atoms with Gasteiger partial charge in [-0.1, -0.05) is 59.6 Å². The number of nitrogens with zero attached hydrogens (tertiary/aromatic N) is 2. The van der Waals surface area contributed by atoms with E-state index in [-0.39, 0.29) is 17.3 Å². The number of anilines is 1. The maximum atomic E-state index is 13.9. The van der Waals surface area contributed by atoms with Gasteiger partial charge in [-0.15, -0.1) is 0 Å². The lowest BCUT2D eigenvalue weighted by Crippen LogP contribution is -2.54. The van der Waals surface area contributed by atoms with Crippen LogP contribution < -0.4 is 9.62 Å². The Morgan fingerprint density at radius 1 is 0.921 bits per heavy atom. The summed E-state index contributed by atoms with van der Waals surface area (Å²) in [6.45, 7) is 8.77. The maximum absolute atomic E-state index is 13.9. The van der Waals surface area contributed by atoms with Gasteiger partial charge in [0.15, 0.2) is 0 Å². The fourth-order valence-corrected chi connectivity index (χ4v) is 5.35. The molecule has 1 atom stereocenters. The normalized spacial score (nSPS) is 12.5. The molecular formula is C29H34ClN3O4S. The van der Waals surface area contributed by atoms with Crippen molar-refractivity contribution in [3.8, 4) is 0 Å². The monoisotopic (exact) mass is 555 g/mol. The van der Waals surface area contributed by atoms with Crippen molar-refractivity contribution in [2.75, 3.05) is 10.8 Å². The van der Waals surface area contributed by atoms with Gasteiger partial charge < -0.3 is 10.2 Å². The first kappa shape index (κ1) is 29.2. The van der Waals surface area contributed by atoms with Crippen molar-refractivity contribution in [1.29, 1.82) is 0 Å². The van der Waals surface area contributed by atoms with Gasteiger partial charge in [-0.05, 0) is 76.6 Å². The fraction of sp³-hybridized carbons (Fsp3) is 0.310. The Labute approximate surface area is 230 Å². The van der Waals surface area contributed by atoms with Gasteiger partial charge in [0.05, 0.1) is 10.6 Å². The van der Waals surface area contributed by atoms with Crippen LogP contribution in [0.3, 0.4) is 0 Å². The molecular weight excluding hydrogens is 522 g/mol. The molecule has 7 nitrogen and oxygen atoms in total. The maximum Gasteiger partial charge on any atom is 0.264 e. The van der Waals surface area contributed by atoms with Gasteiger partial charge in [-0.3, -0.25) is 13.9 Å². The molecule has 0 radical (unpaired) electrons. The zero-order chi connectivity index (χ0) is 28.1. The number of nitrogens with one attached hydrogen (secondary N) is 1. The molecule has 0 aliphatic carbocycles. The first-order valence-electron chi connectivity index (χ1n) is 12.3. The highest BCUT2D eigenvalue weighted by Gasteiger charge is 2.33. The summed E-state index contributed by atoms with van der Waals surface area (Å²) < 4.78 is 28.6. The van der Waals surface area contributed by atoms with Crippen LogP contribution in [0.1, 0.15) is 38.8 Å². The second kappa shape index (κ2) is 12.0. The van der Waals surface area contributed by atoms with Crippen LogP contribution in [0.15, 0.2) is 83.8 Å².